The van der Waals surface area contributed by atoms with E-state index in [0.29, 0.717) is 0 Å². The van der Waals surface area contributed by atoms with Gasteiger partial charge in [0.15, 0.2) is 0 Å². The maximum absolute atomic E-state index is 10.7. The van der Waals surface area contributed by atoms with E-state index in [2.05, 4.69) is 24.4 Å². The summed E-state index contributed by atoms with van der Waals surface area (Å²) in [5.74, 6) is -0.788. The Morgan fingerprint density at radius 1 is 0.885 bits per heavy atom. The van der Waals surface area contributed by atoms with E-state index >= 15 is 0 Å². The van der Waals surface area contributed by atoms with Gasteiger partial charge in [0, 0.05) is 12.2 Å². The Morgan fingerprint density at radius 2 is 1.46 bits per heavy atom. The zero-order valence-corrected chi connectivity index (χ0v) is 16.5. The highest BCUT2D eigenvalue weighted by Crippen LogP contribution is 2.11. The number of carboxylic acid groups (broad SMARTS) is 1. The van der Waals surface area contributed by atoms with Gasteiger partial charge in [0.2, 0.25) is 0 Å². The van der Waals surface area contributed by atoms with Crippen LogP contribution in [-0.2, 0) is 11.2 Å². The van der Waals surface area contributed by atoms with Crippen LogP contribution in [0, 0.1) is 0 Å². The van der Waals surface area contributed by atoms with Crippen molar-refractivity contribution in [1.82, 2.24) is 0 Å². The summed E-state index contributed by atoms with van der Waals surface area (Å²) in [7, 11) is 0. The predicted molar refractivity (Wildman–Crippen MR) is 112 cm³/mol. The number of allylic oxidation sites excluding steroid dienone is 2. The van der Waals surface area contributed by atoms with E-state index in [4.69, 9.17) is 5.11 Å². The molecule has 0 heterocycles. The number of benzene rings is 1. The van der Waals surface area contributed by atoms with Crippen LogP contribution in [0.1, 0.15) is 83.1 Å². The topological polar surface area (TPSA) is 49.3 Å². The molecule has 3 nitrogen and oxygen atoms in total. The van der Waals surface area contributed by atoms with Crippen LogP contribution in [0.25, 0.3) is 0 Å². The molecule has 0 aliphatic carbocycles. The summed E-state index contributed by atoms with van der Waals surface area (Å²) in [6.07, 6.45) is 19.2. The first-order valence-corrected chi connectivity index (χ1v) is 10.4. The zero-order valence-electron chi connectivity index (χ0n) is 16.5. The summed E-state index contributed by atoms with van der Waals surface area (Å²) in [4.78, 5) is 10.7. The van der Waals surface area contributed by atoms with Gasteiger partial charge in [-0.05, 0) is 43.4 Å². The van der Waals surface area contributed by atoms with Gasteiger partial charge in [0.1, 0.15) is 0 Å². The number of anilines is 1. The molecule has 3 heteroatoms. The molecule has 1 rings (SSSR count). The number of aliphatic carboxylic acids is 1. The van der Waals surface area contributed by atoms with E-state index in [1.807, 2.05) is 24.3 Å². The van der Waals surface area contributed by atoms with Gasteiger partial charge < -0.3 is 10.4 Å². The molecule has 0 amide bonds. The van der Waals surface area contributed by atoms with Gasteiger partial charge in [-0.1, -0.05) is 76.2 Å². The van der Waals surface area contributed by atoms with Gasteiger partial charge in [-0.25, -0.2) is 0 Å². The quantitative estimate of drug-likeness (QED) is 0.258. The van der Waals surface area contributed by atoms with Crippen molar-refractivity contribution in [3.8, 4) is 0 Å². The molecular formula is C23H37NO2. The molecule has 0 fully saturated rings. The van der Waals surface area contributed by atoms with Crippen LogP contribution in [0.2, 0.25) is 0 Å². The molecule has 26 heavy (non-hydrogen) atoms. The minimum absolute atomic E-state index is 0.0872. The molecule has 0 atom stereocenters. The summed E-state index contributed by atoms with van der Waals surface area (Å²) in [5.41, 5.74) is 1.90. The first-order valence-electron chi connectivity index (χ1n) is 10.4. The Morgan fingerprint density at radius 3 is 2.08 bits per heavy atom. The number of unbranched alkanes of at least 4 members (excludes halogenated alkanes) is 9. The van der Waals surface area contributed by atoms with Crippen molar-refractivity contribution >= 4 is 11.7 Å². The molecule has 0 saturated carbocycles. The first-order chi connectivity index (χ1) is 12.7. The van der Waals surface area contributed by atoms with Crippen molar-refractivity contribution in [2.24, 2.45) is 0 Å². The van der Waals surface area contributed by atoms with Crippen molar-refractivity contribution in [2.75, 3.05) is 11.9 Å². The molecule has 0 unspecified atom stereocenters. The number of hydrogen-bond acceptors (Lipinski definition) is 2. The molecule has 0 bridgehead atoms. The molecule has 0 saturated heterocycles. The fourth-order valence-electron chi connectivity index (χ4n) is 3.00. The van der Waals surface area contributed by atoms with Gasteiger partial charge in [-0.3, -0.25) is 4.79 Å². The summed E-state index contributed by atoms with van der Waals surface area (Å²) in [6.45, 7) is 3.21. The van der Waals surface area contributed by atoms with Gasteiger partial charge >= 0.3 is 5.97 Å². The lowest BCUT2D eigenvalue weighted by atomic mass is 10.1. The van der Waals surface area contributed by atoms with Crippen molar-refractivity contribution in [3.63, 3.8) is 0 Å². The third kappa shape index (κ3) is 12.6. The van der Waals surface area contributed by atoms with Crippen LogP contribution < -0.4 is 5.32 Å². The van der Waals surface area contributed by atoms with E-state index in [1.165, 1.54) is 57.8 Å². The monoisotopic (exact) mass is 359 g/mol. The van der Waals surface area contributed by atoms with Gasteiger partial charge in [-0.15, -0.1) is 0 Å². The highest BCUT2D eigenvalue weighted by atomic mass is 16.4. The van der Waals surface area contributed by atoms with Crippen molar-refractivity contribution in [2.45, 2.75) is 84.0 Å². The first kappa shape index (κ1) is 22.3. The third-order valence-electron chi connectivity index (χ3n) is 4.58. The SMILES string of the molecule is CCCCCCCCCC/C=C/CCCNc1ccc(CC(=O)O)cc1. The molecule has 1 aromatic carbocycles. The fourth-order valence-corrected chi connectivity index (χ4v) is 3.00. The summed E-state index contributed by atoms with van der Waals surface area (Å²) in [6, 6.07) is 7.66. The second kappa shape index (κ2) is 15.5. The maximum Gasteiger partial charge on any atom is 0.307 e. The lowest BCUT2D eigenvalue weighted by Gasteiger charge is -2.06. The second-order valence-electron chi connectivity index (χ2n) is 7.07. The summed E-state index contributed by atoms with van der Waals surface area (Å²) >= 11 is 0. The molecule has 0 radical (unpaired) electrons. The zero-order chi connectivity index (χ0) is 18.9. The van der Waals surface area contributed by atoms with Gasteiger partial charge in [-0.2, -0.15) is 0 Å². The molecule has 0 aliphatic heterocycles. The van der Waals surface area contributed by atoms with Crippen LogP contribution >= 0.6 is 0 Å². The van der Waals surface area contributed by atoms with E-state index in [-0.39, 0.29) is 6.42 Å². The van der Waals surface area contributed by atoms with Crippen LogP contribution in [0.4, 0.5) is 5.69 Å². The lowest BCUT2D eigenvalue weighted by molar-refractivity contribution is -0.136. The molecule has 146 valence electrons. The number of carbonyl (C=O) groups is 1. The average Bonchev–Trinajstić information content (AvgIpc) is 2.63. The maximum atomic E-state index is 10.7. The normalized spacial score (nSPS) is 11.1. The second-order valence-corrected chi connectivity index (χ2v) is 7.07. The number of carboxylic acids is 1. The Bertz CT molecular complexity index is 493. The minimum Gasteiger partial charge on any atom is -0.481 e. The summed E-state index contributed by atoms with van der Waals surface area (Å²) < 4.78 is 0. The highest BCUT2D eigenvalue weighted by Gasteiger charge is 1.99. The standard InChI is InChI=1S/C23H37NO2/c1-2-3-4-5-6-7-8-9-10-11-12-13-14-19-24-22-17-15-21(16-18-22)20-23(25)26/h11-12,15-18,24H,2-10,13-14,19-20H2,1H3,(H,25,26)/b12-11+. The highest BCUT2D eigenvalue weighted by molar-refractivity contribution is 5.70. The average molecular weight is 360 g/mol. The van der Waals surface area contributed by atoms with Crippen LogP contribution in [0.15, 0.2) is 36.4 Å². The number of rotatable bonds is 16. The van der Waals surface area contributed by atoms with Crippen molar-refractivity contribution in [1.29, 1.82) is 0 Å². The fraction of sp³-hybridized carbons (Fsp3) is 0.609. The van der Waals surface area contributed by atoms with Crippen molar-refractivity contribution in [3.05, 3.63) is 42.0 Å². The van der Waals surface area contributed by atoms with E-state index in [0.717, 1.165) is 30.6 Å². The molecule has 0 aromatic heterocycles. The Hall–Kier alpha value is -1.77. The number of hydrogen-bond donors (Lipinski definition) is 2. The molecule has 2 N–H and O–H groups in total. The van der Waals surface area contributed by atoms with Crippen LogP contribution in [0.3, 0.4) is 0 Å². The van der Waals surface area contributed by atoms with E-state index < -0.39 is 5.97 Å². The smallest absolute Gasteiger partial charge is 0.307 e. The molecular weight excluding hydrogens is 322 g/mol. The Kier molecular flexibility index (Phi) is 13.3. The van der Waals surface area contributed by atoms with Gasteiger partial charge in [0.05, 0.1) is 6.42 Å². The van der Waals surface area contributed by atoms with Gasteiger partial charge in [0.25, 0.3) is 0 Å². The van der Waals surface area contributed by atoms with E-state index in [9.17, 15) is 4.79 Å². The van der Waals surface area contributed by atoms with Crippen LogP contribution in [-0.4, -0.2) is 17.6 Å². The Labute approximate surface area is 159 Å². The lowest BCUT2D eigenvalue weighted by Crippen LogP contribution is -2.02. The molecule has 0 aliphatic rings. The largest absolute Gasteiger partial charge is 0.481 e. The Balaban J connectivity index is 1.93. The molecule has 1 aromatic rings. The van der Waals surface area contributed by atoms with Crippen molar-refractivity contribution < 1.29 is 9.90 Å². The third-order valence-corrected chi connectivity index (χ3v) is 4.58. The summed E-state index contributed by atoms with van der Waals surface area (Å²) in [5, 5.41) is 12.1. The predicted octanol–water partition coefficient (Wildman–Crippen LogP) is 6.59. The van der Waals surface area contributed by atoms with E-state index in [1.54, 1.807) is 0 Å². The minimum atomic E-state index is -0.788. The molecule has 0 spiro atoms. The number of nitrogens with one attached hydrogen (secondary N) is 1. The van der Waals surface area contributed by atoms with Crippen LogP contribution in [0.5, 0.6) is 0 Å².